The number of anilines is 1. The molecule has 2 N–H and O–H groups in total. The molecule has 3 atom stereocenters. The molecule has 10 nitrogen and oxygen atoms in total. The standard InChI is InChI=1S/C18H18ClN5O5.H2/c1-6-5-24-12-9(20-11-7(2)23-29-13(11)10(12)19)4-18(14(24)8(3)28-6)15(25)21-17(27)22-16(18)26;/h6,8,14H,4-5H2,1-3H3,(H2,21,22,25,26,27);1H/t6-,8+,14-;/m1./s1. The second-order valence-electron chi connectivity index (χ2n) is 7.80. The lowest BCUT2D eigenvalue weighted by molar-refractivity contribution is -0.153. The average Bonchev–Trinajstić information content (AvgIpc) is 3.00. The van der Waals surface area contributed by atoms with Gasteiger partial charge in [0.2, 0.25) is 17.4 Å². The minimum Gasteiger partial charge on any atom is -0.372 e. The fraction of sp³-hybridized carbons (Fsp3) is 0.500. The van der Waals surface area contributed by atoms with Gasteiger partial charge in [0.1, 0.15) is 16.2 Å². The van der Waals surface area contributed by atoms with Crippen LogP contribution in [0.1, 0.15) is 26.7 Å². The van der Waals surface area contributed by atoms with Gasteiger partial charge in [0.15, 0.2) is 5.41 Å². The van der Waals surface area contributed by atoms with Gasteiger partial charge in [0.25, 0.3) is 0 Å². The number of nitrogens with zero attached hydrogens (tertiary/aromatic N) is 3. The number of imide groups is 2. The van der Waals surface area contributed by atoms with E-state index in [2.05, 4.69) is 20.8 Å². The summed E-state index contributed by atoms with van der Waals surface area (Å²) >= 11 is 6.70. The molecule has 5 rings (SSSR count). The zero-order chi connectivity index (χ0) is 20.7. The van der Waals surface area contributed by atoms with Gasteiger partial charge < -0.3 is 14.2 Å². The minimum absolute atomic E-state index is 0. The highest BCUT2D eigenvalue weighted by atomic mass is 35.5. The molecule has 154 valence electrons. The van der Waals surface area contributed by atoms with Crippen LogP contribution in [0.2, 0.25) is 5.02 Å². The monoisotopic (exact) mass is 421 g/mol. The van der Waals surface area contributed by atoms with E-state index in [1.165, 1.54) is 0 Å². The fourth-order valence-corrected chi connectivity index (χ4v) is 5.21. The van der Waals surface area contributed by atoms with E-state index in [0.717, 1.165) is 0 Å². The number of urea groups is 1. The van der Waals surface area contributed by atoms with Crippen molar-refractivity contribution in [2.75, 3.05) is 11.4 Å². The van der Waals surface area contributed by atoms with Gasteiger partial charge in [-0.15, -0.1) is 0 Å². The molecule has 5 heterocycles. The number of hydrogen-bond acceptors (Lipinski definition) is 8. The zero-order valence-corrected chi connectivity index (χ0v) is 16.7. The lowest BCUT2D eigenvalue weighted by atomic mass is 9.67. The number of hydrogen-bond donors (Lipinski definition) is 2. The van der Waals surface area contributed by atoms with Gasteiger partial charge in [-0.1, -0.05) is 16.8 Å². The first kappa shape index (κ1) is 18.3. The van der Waals surface area contributed by atoms with Crippen molar-refractivity contribution >= 4 is 46.2 Å². The van der Waals surface area contributed by atoms with Gasteiger partial charge in [0, 0.05) is 14.4 Å². The molecule has 0 aromatic carbocycles. The Balaban J connectivity index is 0.00000218. The van der Waals surface area contributed by atoms with E-state index in [4.69, 9.17) is 20.9 Å². The summed E-state index contributed by atoms with van der Waals surface area (Å²) in [5.74, 6) is -1.34. The van der Waals surface area contributed by atoms with Crippen LogP contribution in [0.4, 0.5) is 10.5 Å². The summed E-state index contributed by atoms with van der Waals surface area (Å²) in [7, 11) is 0. The number of fused-ring (bicyclic) bond motifs is 5. The Labute approximate surface area is 171 Å². The quantitative estimate of drug-likeness (QED) is 0.610. The maximum atomic E-state index is 13.1. The van der Waals surface area contributed by atoms with Crippen molar-refractivity contribution in [2.45, 2.75) is 45.4 Å². The summed E-state index contributed by atoms with van der Waals surface area (Å²) in [5, 5.41) is 8.75. The molecular weight excluding hydrogens is 402 g/mol. The number of carbonyl (C=O) groups is 3. The van der Waals surface area contributed by atoms with Crippen molar-refractivity contribution in [3.05, 3.63) is 16.4 Å². The van der Waals surface area contributed by atoms with Crippen molar-refractivity contribution in [1.82, 2.24) is 20.8 Å². The Morgan fingerprint density at radius 1 is 1.24 bits per heavy atom. The highest BCUT2D eigenvalue weighted by Gasteiger charge is 2.63. The van der Waals surface area contributed by atoms with Crippen LogP contribution in [0.3, 0.4) is 0 Å². The number of halogens is 1. The van der Waals surface area contributed by atoms with Gasteiger partial charge in [-0.25, -0.2) is 9.78 Å². The van der Waals surface area contributed by atoms with Gasteiger partial charge in [-0.3, -0.25) is 20.2 Å². The van der Waals surface area contributed by atoms with E-state index >= 15 is 0 Å². The fourth-order valence-electron chi connectivity index (χ4n) is 4.86. The second kappa shape index (κ2) is 5.90. The molecule has 0 aliphatic carbocycles. The largest absolute Gasteiger partial charge is 0.372 e. The lowest BCUT2D eigenvalue weighted by Gasteiger charge is -2.55. The topological polar surface area (TPSA) is 127 Å². The number of ether oxygens (including phenoxy) is 1. The first-order valence-electron chi connectivity index (χ1n) is 9.27. The van der Waals surface area contributed by atoms with Crippen LogP contribution in [0.25, 0.3) is 11.1 Å². The third-order valence-electron chi connectivity index (χ3n) is 5.94. The van der Waals surface area contributed by atoms with Gasteiger partial charge >= 0.3 is 6.03 Å². The molecule has 2 saturated heterocycles. The number of amides is 4. The molecule has 11 heteroatoms. The van der Waals surface area contributed by atoms with E-state index in [9.17, 15) is 14.4 Å². The summed E-state index contributed by atoms with van der Waals surface area (Å²) < 4.78 is 11.3. The van der Waals surface area contributed by atoms with Crippen molar-refractivity contribution < 1.29 is 25.1 Å². The highest BCUT2D eigenvalue weighted by Crippen LogP contribution is 2.50. The van der Waals surface area contributed by atoms with E-state index in [1.54, 1.807) is 13.8 Å². The van der Waals surface area contributed by atoms with Crippen LogP contribution < -0.4 is 15.5 Å². The molecule has 2 aromatic rings. The Kier molecular flexibility index (Phi) is 3.72. The zero-order valence-electron chi connectivity index (χ0n) is 15.9. The Hall–Kier alpha value is -2.72. The average molecular weight is 422 g/mol. The van der Waals surface area contributed by atoms with Crippen LogP contribution in [0.15, 0.2) is 4.52 Å². The highest BCUT2D eigenvalue weighted by molar-refractivity contribution is 6.37. The first-order chi connectivity index (χ1) is 13.7. The molecular formula is C18H20ClN5O5. The van der Waals surface area contributed by atoms with Crippen LogP contribution in [0.5, 0.6) is 0 Å². The molecule has 0 radical (unpaired) electrons. The number of aromatic nitrogens is 2. The van der Waals surface area contributed by atoms with Crippen molar-refractivity contribution in [2.24, 2.45) is 5.41 Å². The van der Waals surface area contributed by atoms with Gasteiger partial charge in [-0.05, 0) is 20.8 Å². The Morgan fingerprint density at radius 2 is 1.93 bits per heavy atom. The summed E-state index contributed by atoms with van der Waals surface area (Å²) in [6.07, 6.45) is -0.694. The number of carbonyl (C=O) groups excluding carboxylic acids is 3. The summed E-state index contributed by atoms with van der Waals surface area (Å²) in [5.41, 5.74) is 0.880. The predicted octanol–water partition coefficient (Wildman–Crippen LogP) is 1.32. The van der Waals surface area contributed by atoms with Crippen molar-refractivity contribution in [3.8, 4) is 0 Å². The SMILES string of the molecule is Cc1noc2c(Cl)c3c(nc12)CC1(C(=O)NC(=O)NC1=O)[C@H]1[C@H](C)O[C@H](C)CN31.[HH]. The summed E-state index contributed by atoms with van der Waals surface area (Å²) in [4.78, 5) is 44.4. The molecule has 1 spiro atoms. The third-order valence-corrected chi connectivity index (χ3v) is 6.29. The first-order valence-corrected chi connectivity index (χ1v) is 9.65. The smallest absolute Gasteiger partial charge is 0.328 e. The molecule has 0 bridgehead atoms. The Bertz CT molecular complexity index is 1080. The number of barbiturate groups is 1. The molecule has 4 amide bonds. The molecule has 3 aliphatic heterocycles. The number of rotatable bonds is 0. The normalized spacial score (nSPS) is 28.2. The van der Waals surface area contributed by atoms with Crippen LogP contribution in [-0.4, -0.2) is 52.8 Å². The lowest BCUT2D eigenvalue weighted by Crippen LogP contribution is -2.75. The second-order valence-corrected chi connectivity index (χ2v) is 8.18. The molecule has 2 fully saturated rings. The van der Waals surface area contributed by atoms with Crippen molar-refractivity contribution in [1.29, 1.82) is 0 Å². The molecule has 0 unspecified atom stereocenters. The summed E-state index contributed by atoms with van der Waals surface area (Å²) in [6.45, 7) is 5.82. The third kappa shape index (κ3) is 2.29. The molecule has 0 saturated carbocycles. The number of morpholine rings is 1. The molecule has 3 aliphatic rings. The van der Waals surface area contributed by atoms with E-state index < -0.39 is 35.4 Å². The van der Waals surface area contributed by atoms with Gasteiger partial charge in [-0.2, -0.15) is 0 Å². The predicted molar refractivity (Wildman–Crippen MR) is 103 cm³/mol. The van der Waals surface area contributed by atoms with Crippen LogP contribution >= 0.6 is 11.6 Å². The maximum absolute atomic E-state index is 13.1. The van der Waals surface area contributed by atoms with Gasteiger partial charge in [0.05, 0.1) is 29.6 Å². The number of aryl methyl sites for hydroxylation is 1. The molecule has 2 aromatic heterocycles. The van der Waals surface area contributed by atoms with E-state index in [0.29, 0.717) is 39.7 Å². The van der Waals surface area contributed by atoms with Crippen LogP contribution in [-0.2, 0) is 20.7 Å². The van der Waals surface area contributed by atoms with E-state index in [-0.39, 0.29) is 14.0 Å². The van der Waals surface area contributed by atoms with Crippen LogP contribution in [0, 0.1) is 12.3 Å². The summed E-state index contributed by atoms with van der Waals surface area (Å²) in [6, 6.07) is -1.52. The Morgan fingerprint density at radius 3 is 2.62 bits per heavy atom. The number of nitrogens with one attached hydrogen (secondary N) is 2. The van der Waals surface area contributed by atoms with Crippen molar-refractivity contribution in [3.63, 3.8) is 0 Å². The molecule has 29 heavy (non-hydrogen) atoms. The minimum atomic E-state index is -1.59. The maximum Gasteiger partial charge on any atom is 0.328 e. The number of pyridine rings is 1. The van der Waals surface area contributed by atoms with E-state index in [1.807, 2.05) is 11.8 Å².